The molecule has 0 spiro atoms. The fraction of sp³-hybridized carbons (Fsp3) is 0.706. The van der Waals surface area contributed by atoms with Crippen LogP contribution in [0.2, 0.25) is 0 Å². The van der Waals surface area contributed by atoms with Crippen LogP contribution in [-0.2, 0) is 4.74 Å². The van der Waals surface area contributed by atoms with E-state index in [2.05, 4.69) is 18.8 Å². The van der Waals surface area contributed by atoms with E-state index in [0.29, 0.717) is 6.61 Å². The van der Waals surface area contributed by atoms with E-state index in [-0.39, 0.29) is 6.61 Å². The zero-order valence-electron chi connectivity index (χ0n) is 14.6. The van der Waals surface area contributed by atoms with Crippen molar-refractivity contribution in [2.75, 3.05) is 25.6 Å². The van der Waals surface area contributed by atoms with E-state index in [9.17, 15) is 0 Å². The molecule has 0 saturated heterocycles. The van der Waals surface area contributed by atoms with E-state index in [1.165, 1.54) is 6.42 Å². The molecule has 0 bridgehead atoms. The molecule has 1 N–H and O–H groups in total. The highest BCUT2D eigenvalue weighted by Gasteiger charge is 1.95. The third-order valence-electron chi connectivity index (χ3n) is 2.00. The molecule has 130 valence electrons. The van der Waals surface area contributed by atoms with E-state index in [0.717, 1.165) is 36.6 Å². The van der Waals surface area contributed by atoms with Crippen molar-refractivity contribution < 1.29 is 9.84 Å². The molecule has 3 nitrogen and oxygen atoms in total. The Hall–Kier alpha value is -0.230. The van der Waals surface area contributed by atoms with Gasteiger partial charge in [0.15, 0.2) is 0 Å². The third-order valence-corrected chi connectivity index (χ3v) is 4.35. The molecule has 0 aliphatic carbocycles. The minimum absolute atomic E-state index is 0.219. The Labute approximate surface area is 145 Å². The lowest BCUT2D eigenvalue weighted by molar-refractivity contribution is 0.114. The van der Waals surface area contributed by atoms with Gasteiger partial charge in [0, 0.05) is 31.8 Å². The van der Waals surface area contributed by atoms with Gasteiger partial charge in [-0.2, -0.15) is 0 Å². The number of pyridine rings is 1. The summed E-state index contributed by atoms with van der Waals surface area (Å²) in [6.07, 6.45) is 6.05. The smallest absolute Gasteiger partial charge is 0.106 e. The van der Waals surface area contributed by atoms with Crippen molar-refractivity contribution in [2.24, 2.45) is 0 Å². The first-order valence-electron chi connectivity index (χ1n) is 8.24. The average Bonchev–Trinajstić information content (AvgIpc) is 2.57. The molecule has 0 unspecified atom stereocenters. The molecule has 22 heavy (non-hydrogen) atoms. The molecule has 1 aromatic heterocycles. The molecule has 1 aromatic rings. The van der Waals surface area contributed by atoms with Crippen LogP contribution >= 0.6 is 21.6 Å². The molecule has 0 aliphatic heterocycles. The number of aliphatic hydroxyl groups is 1. The van der Waals surface area contributed by atoms with Crippen LogP contribution in [0.1, 0.15) is 53.4 Å². The maximum absolute atomic E-state index is 8.56. The summed E-state index contributed by atoms with van der Waals surface area (Å²) in [6, 6.07) is 5.96. The van der Waals surface area contributed by atoms with Crippen LogP contribution < -0.4 is 0 Å². The fourth-order valence-corrected chi connectivity index (χ4v) is 3.16. The SMILES string of the molecule is CC.CCC.OCCCOCCCCSSc1ccccn1. The van der Waals surface area contributed by atoms with Gasteiger partial charge in [-0.1, -0.05) is 51.0 Å². The van der Waals surface area contributed by atoms with Gasteiger partial charge in [-0.3, -0.25) is 0 Å². The van der Waals surface area contributed by atoms with Crippen LogP contribution in [0, 0.1) is 0 Å². The summed E-state index contributed by atoms with van der Waals surface area (Å²) in [4.78, 5) is 4.24. The summed E-state index contributed by atoms with van der Waals surface area (Å²) >= 11 is 0. The van der Waals surface area contributed by atoms with Crippen molar-refractivity contribution in [3.63, 3.8) is 0 Å². The van der Waals surface area contributed by atoms with Crippen LogP contribution in [-0.4, -0.2) is 35.7 Å². The molecular formula is C17H33NO2S2. The molecule has 5 heteroatoms. The quantitative estimate of drug-likeness (QED) is 0.450. The van der Waals surface area contributed by atoms with Crippen molar-refractivity contribution in [2.45, 2.75) is 58.4 Å². The zero-order valence-corrected chi connectivity index (χ0v) is 16.2. The molecular weight excluding hydrogens is 314 g/mol. The summed E-state index contributed by atoms with van der Waals surface area (Å²) in [5.41, 5.74) is 0. The number of aliphatic hydroxyl groups excluding tert-OH is 1. The summed E-state index contributed by atoms with van der Waals surface area (Å²) in [5.74, 6) is 1.12. The molecule has 1 rings (SSSR count). The zero-order chi connectivity index (χ0) is 16.9. The lowest BCUT2D eigenvalue weighted by Crippen LogP contribution is -1.99. The monoisotopic (exact) mass is 347 g/mol. The predicted molar refractivity (Wildman–Crippen MR) is 102 cm³/mol. The maximum Gasteiger partial charge on any atom is 0.106 e. The van der Waals surface area contributed by atoms with Crippen molar-refractivity contribution in [3.05, 3.63) is 24.4 Å². The highest BCUT2D eigenvalue weighted by molar-refractivity contribution is 8.76. The Morgan fingerprint density at radius 2 is 1.77 bits per heavy atom. The van der Waals surface area contributed by atoms with Crippen LogP contribution in [0.4, 0.5) is 0 Å². The second-order valence-electron chi connectivity index (χ2n) is 4.18. The van der Waals surface area contributed by atoms with Gasteiger partial charge in [-0.25, -0.2) is 4.98 Å². The summed E-state index contributed by atoms with van der Waals surface area (Å²) in [5, 5.41) is 9.62. The molecule has 0 radical (unpaired) electrons. The number of hydrogen-bond donors (Lipinski definition) is 1. The van der Waals surface area contributed by atoms with Crippen LogP contribution in [0.3, 0.4) is 0 Å². The van der Waals surface area contributed by atoms with Crippen LogP contribution in [0.25, 0.3) is 0 Å². The number of rotatable bonds is 10. The van der Waals surface area contributed by atoms with Gasteiger partial charge in [0.05, 0.1) is 0 Å². The van der Waals surface area contributed by atoms with Crippen molar-refractivity contribution in [3.8, 4) is 0 Å². The van der Waals surface area contributed by atoms with E-state index >= 15 is 0 Å². The Bertz CT molecular complexity index is 287. The van der Waals surface area contributed by atoms with Gasteiger partial charge in [0.25, 0.3) is 0 Å². The molecule has 0 atom stereocenters. The minimum atomic E-state index is 0.219. The Morgan fingerprint density at radius 1 is 1.09 bits per heavy atom. The van der Waals surface area contributed by atoms with E-state index in [4.69, 9.17) is 9.84 Å². The first kappa shape index (κ1) is 24.0. The van der Waals surface area contributed by atoms with Crippen molar-refractivity contribution in [1.82, 2.24) is 4.98 Å². The van der Waals surface area contributed by atoms with Gasteiger partial charge in [0.2, 0.25) is 0 Å². The normalized spacial score (nSPS) is 9.32. The number of unbranched alkanes of at least 4 members (excludes halogenated alkanes) is 1. The number of hydrogen-bond acceptors (Lipinski definition) is 5. The second kappa shape index (κ2) is 23.0. The number of nitrogens with zero attached hydrogens (tertiary/aromatic N) is 1. The number of ether oxygens (including phenoxy) is 1. The fourth-order valence-electron chi connectivity index (χ4n) is 1.13. The van der Waals surface area contributed by atoms with Crippen molar-refractivity contribution >= 4 is 21.6 Å². The number of aromatic nitrogens is 1. The van der Waals surface area contributed by atoms with Gasteiger partial charge in [0.1, 0.15) is 5.03 Å². The first-order chi connectivity index (χ1) is 10.8. The Balaban J connectivity index is 0. The standard InChI is InChI=1S/C12H19NO2S2.C3H8.C2H6/c14-8-5-10-15-9-3-4-11-16-17-12-6-1-2-7-13-12;1-3-2;1-2/h1-2,6-7,14H,3-5,8-11H2;3H2,1-2H3;1-2H3. The molecule has 0 fully saturated rings. The lowest BCUT2D eigenvalue weighted by atomic mass is 10.3. The Morgan fingerprint density at radius 3 is 2.36 bits per heavy atom. The summed E-state index contributed by atoms with van der Waals surface area (Å²) in [6.45, 7) is 9.94. The predicted octanol–water partition coefficient (Wildman–Crippen LogP) is 5.44. The first-order valence-corrected chi connectivity index (χ1v) is 10.6. The van der Waals surface area contributed by atoms with Crippen molar-refractivity contribution in [1.29, 1.82) is 0 Å². The molecule has 0 saturated carbocycles. The largest absolute Gasteiger partial charge is 0.396 e. The topological polar surface area (TPSA) is 42.4 Å². The van der Waals surface area contributed by atoms with E-state index in [1.807, 2.05) is 49.0 Å². The lowest BCUT2D eigenvalue weighted by Gasteiger charge is -2.02. The highest BCUT2D eigenvalue weighted by atomic mass is 33.1. The molecule has 0 aromatic carbocycles. The van der Waals surface area contributed by atoms with E-state index in [1.54, 1.807) is 10.8 Å². The maximum atomic E-state index is 8.56. The van der Waals surface area contributed by atoms with Gasteiger partial charge in [-0.05, 0) is 42.2 Å². The van der Waals surface area contributed by atoms with Crippen LogP contribution in [0.5, 0.6) is 0 Å². The molecule has 0 amide bonds. The highest BCUT2D eigenvalue weighted by Crippen LogP contribution is 2.29. The Kier molecular flexibility index (Phi) is 25.2. The molecule has 1 heterocycles. The van der Waals surface area contributed by atoms with Gasteiger partial charge in [-0.15, -0.1) is 0 Å². The minimum Gasteiger partial charge on any atom is -0.396 e. The van der Waals surface area contributed by atoms with Gasteiger partial charge >= 0.3 is 0 Å². The van der Waals surface area contributed by atoms with Crippen LogP contribution in [0.15, 0.2) is 29.4 Å². The van der Waals surface area contributed by atoms with E-state index < -0.39 is 0 Å². The average molecular weight is 348 g/mol. The molecule has 0 aliphatic rings. The van der Waals surface area contributed by atoms with Gasteiger partial charge < -0.3 is 9.84 Å². The third kappa shape index (κ3) is 19.8. The second-order valence-corrected chi connectivity index (χ2v) is 6.61. The summed E-state index contributed by atoms with van der Waals surface area (Å²) < 4.78 is 5.35. The summed E-state index contributed by atoms with van der Waals surface area (Å²) in [7, 11) is 3.56.